The van der Waals surface area contributed by atoms with Gasteiger partial charge in [0.15, 0.2) is 0 Å². The molecule has 0 amide bonds. The summed E-state index contributed by atoms with van der Waals surface area (Å²) in [5.41, 5.74) is 12.2. The predicted molar refractivity (Wildman–Crippen MR) is 228 cm³/mol. The minimum atomic E-state index is 1.07. The van der Waals surface area contributed by atoms with Crippen LogP contribution in [-0.4, -0.2) is 4.98 Å². The van der Waals surface area contributed by atoms with Crippen LogP contribution in [0.5, 0.6) is 0 Å². The molecule has 0 aliphatic rings. The van der Waals surface area contributed by atoms with Crippen molar-refractivity contribution < 1.29 is 0 Å². The van der Waals surface area contributed by atoms with E-state index in [1.165, 1.54) is 32.7 Å². The van der Waals surface area contributed by atoms with Crippen LogP contribution in [-0.2, 0) is 0 Å². The molecule has 53 heavy (non-hydrogen) atoms. The summed E-state index contributed by atoms with van der Waals surface area (Å²) in [4.78, 5) is 9.31. The van der Waals surface area contributed by atoms with Gasteiger partial charge in [-0.2, -0.15) is 0 Å². The van der Waals surface area contributed by atoms with Gasteiger partial charge in [-0.05, 0) is 120 Å². The summed E-state index contributed by atoms with van der Waals surface area (Å²) in [5.74, 6) is 0. The van der Waals surface area contributed by atoms with Gasteiger partial charge in [-0.25, -0.2) is 0 Å². The van der Waals surface area contributed by atoms with Crippen LogP contribution in [0.2, 0.25) is 0 Å². The average molecular weight is 684 g/mol. The fraction of sp³-hybridized carbons (Fsp3) is 0.0600. The number of hydrogen-bond acceptors (Lipinski definition) is 3. The van der Waals surface area contributed by atoms with Gasteiger partial charge in [0.05, 0.1) is 11.4 Å². The van der Waals surface area contributed by atoms with E-state index in [1.54, 1.807) is 0 Å². The van der Waals surface area contributed by atoms with Crippen LogP contribution in [0.25, 0.3) is 39.8 Å². The number of hydrogen-bond donors (Lipinski definition) is 0. The maximum Gasteiger partial charge on any atom is 0.0541 e. The minimum absolute atomic E-state index is 1.07. The van der Waals surface area contributed by atoms with Crippen molar-refractivity contribution in [1.29, 1.82) is 0 Å². The van der Waals surface area contributed by atoms with Gasteiger partial charge in [-0.1, -0.05) is 121 Å². The first-order chi connectivity index (χ1) is 26.1. The van der Waals surface area contributed by atoms with Crippen molar-refractivity contribution in [3.63, 3.8) is 0 Å². The smallest absolute Gasteiger partial charge is 0.0541 e. The molecule has 0 unspecified atom stereocenters. The normalized spacial score (nSPS) is 11.5. The Kier molecular flexibility index (Phi) is 9.38. The lowest BCUT2D eigenvalue weighted by Gasteiger charge is -2.32. The van der Waals surface area contributed by atoms with Crippen molar-refractivity contribution in [2.24, 2.45) is 0 Å². The SMILES string of the molecule is C/C=C/c1cc(N(c2ccccc2)c2ccc3ccccc3c2)c(/C=C/c2cncc(C)c2C)cc1N(c1ccccc1)c1ccc2ccccc2c1. The maximum absolute atomic E-state index is 4.55. The van der Waals surface area contributed by atoms with Crippen molar-refractivity contribution in [2.45, 2.75) is 20.8 Å². The van der Waals surface area contributed by atoms with Crippen LogP contribution in [0.3, 0.4) is 0 Å². The Morgan fingerprint density at radius 1 is 0.415 bits per heavy atom. The van der Waals surface area contributed by atoms with E-state index in [1.807, 2.05) is 12.4 Å². The monoisotopic (exact) mass is 683 g/mol. The van der Waals surface area contributed by atoms with Gasteiger partial charge in [0.25, 0.3) is 0 Å². The van der Waals surface area contributed by atoms with E-state index < -0.39 is 0 Å². The van der Waals surface area contributed by atoms with Crippen LogP contribution in [0.4, 0.5) is 34.1 Å². The third-order valence-corrected chi connectivity index (χ3v) is 9.96. The van der Waals surface area contributed by atoms with Gasteiger partial charge in [-0.3, -0.25) is 4.98 Å². The van der Waals surface area contributed by atoms with Crippen molar-refractivity contribution in [2.75, 3.05) is 9.80 Å². The molecular formula is C50H41N3. The van der Waals surface area contributed by atoms with E-state index >= 15 is 0 Å². The highest BCUT2D eigenvalue weighted by Crippen LogP contribution is 2.45. The average Bonchev–Trinajstić information content (AvgIpc) is 3.20. The third-order valence-electron chi connectivity index (χ3n) is 9.96. The van der Waals surface area contributed by atoms with E-state index in [-0.39, 0.29) is 0 Å². The summed E-state index contributed by atoms with van der Waals surface area (Å²) in [6, 6.07) is 56.6. The highest BCUT2D eigenvalue weighted by Gasteiger charge is 2.22. The molecule has 1 aromatic heterocycles. The van der Waals surface area contributed by atoms with E-state index in [0.29, 0.717) is 0 Å². The second kappa shape index (κ2) is 14.9. The Bertz CT molecular complexity index is 2600. The molecule has 7 aromatic carbocycles. The molecule has 3 heteroatoms. The maximum atomic E-state index is 4.55. The molecule has 0 aliphatic carbocycles. The number of pyridine rings is 1. The molecule has 3 nitrogen and oxygen atoms in total. The van der Waals surface area contributed by atoms with E-state index in [2.05, 4.69) is 218 Å². The summed E-state index contributed by atoms with van der Waals surface area (Å²) in [7, 11) is 0. The Morgan fingerprint density at radius 2 is 0.868 bits per heavy atom. The highest BCUT2D eigenvalue weighted by molar-refractivity contribution is 5.96. The van der Waals surface area contributed by atoms with Crippen molar-refractivity contribution >= 4 is 73.9 Å². The van der Waals surface area contributed by atoms with Gasteiger partial charge in [0.2, 0.25) is 0 Å². The largest absolute Gasteiger partial charge is 0.310 e. The van der Waals surface area contributed by atoms with Crippen molar-refractivity contribution in [3.05, 3.63) is 204 Å². The molecule has 0 N–H and O–H groups in total. The van der Waals surface area contributed by atoms with Gasteiger partial charge >= 0.3 is 0 Å². The predicted octanol–water partition coefficient (Wildman–Crippen LogP) is 14.1. The Hall–Kier alpha value is -6.71. The molecule has 1 heterocycles. The number of aryl methyl sites for hydroxylation is 1. The zero-order chi connectivity index (χ0) is 36.1. The summed E-state index contributed by atoms with van der Waals surface area (Å²) < 4.78 is 0. The van der Waals surface area contributed by atoms with Crippen molar-refractivity contribution in [3.8, 4) is 0 Å². The Balaban J connectivity index is 1.42. The number of allylic oxidation sites excluding steroid dienone is 1. The second-order valence-electron chi connectivity index (χ2n) is 13.4. The van der Waals surface area contributed by atoms with E-state index in [0.717, 1.165) is 50.8 Å². The van der Waals surface area contributed by atoms with Gasteiger partial charge < -0.3 is 9.80 Å². The van der Waals surface area contributed by atoms with Crippen LogP contribution in [0.15, 0.2) is 176 Å². The summed E-state index contributed by atoms with van der Waals surface area (Å²) in [6.07, 6.45) is 12.7. The van der Waals surface area contributed by atoms with Gasteiger partial charge in [-0.15, -0.1) is 0 Å². The van der Waals surface area contributed by atoms with Crippen LogP contribution in [0.1, 0.15) is 34.7 Å². The topological polar surface area (TPSA) is 19.4 Å². The lowest BCUT2D eigenvalue weighted by Crippen LogP contribution is -2.15. The molecule has 0 saturated carbocycles. The molecular weight excluding hydrogens is 643 g/mol. The summed E-state index contributed by atoms with van der Waals surface area (Å²) in [6.45, 7) is 6.37. The second-order valence-corrected chi connectivity index (χ2v) is 13.4. The summed E-state index contributed by atoms with van der Waals surface area (Å²) in [5, 5.41) is 4.82. The van der Waals surface area contributed by atoms with Crippen LogP contribution in [0, 0.1) is 13.8 Å². The highest BCUT2D eigenvalue weighted by atomic mass is 15.2. The first-order valence-corrected chi connectivity index (χ1v) is 18.2. The van der Waals surface area contributed by atoms with E-state index in [9.17, 15) is 0 Å². The summed E-state index contributed by atoms with van der Waals surface area (Å²) >= 11 is 0. The fourth-order valence-electron chi connectivity index (χ4n) is 7.08. The molecule has 0 fully saturated rings. The molecule has 8 rings (SSSR count). The first kappa shape index (κ1) is 33.4. The number of anilines is 6. The third kappa shape index (κ3) is 6.85. The number of aromatic nitrogens is 1. The van der Waals surface area contributed by atoms with E-state index in [4.69, 9.17) is 0 Å². The number of para-hydroxylation sites is 2. The Labute approximate surface area is 312 Å². The fourth-order valence-corrected chi connectivity index (χ4v) is 7.08. The van der Waals surface area contributed by atoms with Gasteiger partial charge in [0, 0.05) is 46.3 Å². The minimum Gasteiger partial charge on any atom is -0.310 e. The van der Waals surface area contributed by atoms with Crippen LogP contribution >= 0.6 is 0 Å². The molecule has 256 valence electrons. The van der Waals surface area contributed by atoms with Crippen LogP contribution < -0.4 is 9.80 Å². The number of fused-ring (bicyclic) bond motifs is 2. The zero-order valence-corrected chi connectivity index (χ0v) is 30.3. The molecule has 8 aromatic rings. The quantitative estimate of drug-likeness (QED) is 0.151. The lowest BCUT2D eigenvalue weighted by molar-refractivity contribution is 1.20. The van der Waals surface area contributed by atoms with Gasteiger partial charge in [0.1, 0.15) is 0 Å². The molecule has 0 spiro atoms. The molecule has 0 bridgehead atoms. The zero-order valence-electron chi connectivity index (χ0n) is 30.3. The molecule has 0 atom stereocenters. The molecule has 0 aliphatic heterocycles. The lowest BCUT2D eigenvalue weighted by atomic mass is 9.99. The number of nitrogens with zero attached hydrogens (tertiary/aromatic N) is 3. The number of benzene rings is 7. The standard InChI is InChI=1S/C50H41N3/c1-4-15-42-32-50(53(46-22-9-6-10-23-46)48-29-27-39-17-12-14-19-41(39)31-48)43(24-25-44-35-51-34-36(2)37(44)3)33-49(42)52(45-20-7-5-8-21-45)47-28-26-38-16-11-13-18-40(38)30-47/h4-35H,1-3H3/b15-4+,25-24+. The molecule has 0 saturated heterocycles. The first-order valence-electron chi connectivity index (χ1n) is 18.2. The van der Waals surface area contributed by atoms with Crippen molar-refractivity contribution in [1.82, 2.24) is 4.98 Å². The Morgan fingerprint density at radius 3 is 1.38 bits per heavy atom. The number of rotatable bonds is 9. The molecule has 0 radical (unpaired) electrons.